The highest BCUT2D eigenvalue weighted by Gasteiger charge is 2.36. The number of likely N-dealkylation sites (tertiary alicyclic amines) is 1. The van der Waals surface area contributed by atoms with Crippen molar-refractivity contribution in [2.75, 3.05) is 13.1 Å². The van der Waals surface area contributed by atoms with Crippen molar-refractivity contribution in [1.82, 2.24) is 9.47 Å². The zero-order valence-corrected chi connectivity index (χ0v) is 16.6. The molecule has 1 aliphatic heterocycles. The number of benzene rings is 2. The van der Waals surface area contributed by atoms with E-state index in [0.717, 1.165) is 5.69 Å². The van der Waals surface area contributed by atoms with Crippen LogP contribution in [0.3, 0.4) is 0 Å². The van der Waals surface area contributed by atoms with Gasteiger partial charge in [-0.1, -0.05) is 11.6 Å². The van der Waals surface area contributed by atoms with Crippen LogP contribution in [0.1, 0.15) is 16.8 Å². The van der Waals surface area contributed by atoms with E-state index >= 15 is 0 Å². The van der Waals surface area contributed by atoms with E-state index in [-0.39, 0.29) is 17.3 Å². The Bertz CT molecular complexity index is 1080. The molecule has 1 aromatic heterocycles. The minimum atomic E-state index is -3.50. The molecular weight excluding hydrogens is 396 g/mol. The lowest BCUT2D eigenvalue weighted by Crippen LogP contribution is -2.31. The molecule has 0 spiro atoms. The Kier molecular flexibility index (Phi) is 5.00. The molecule has 144 valence electrons. The van der Waals surface area contributed by atoms with E-state index in [0.29, 0.717) is 23.6 Å². The fraction of sp³-hybridized carbons (Fsp3) is 0.190. The predicted molar refractivity (Wildman–Crippen MR) is 109 cm³/mol. The first-order chi connectivity index (χ1) is 13.4. The van der Waals surface area contributed by atoms with E-state index in [2.05, 4.69) is 0 Å². The summed E-state index contributed by atoms with van der Waals surface area (Å²) >= 11 is 5.85. The molecule has 0 radical (unpaired) electrons. The molecule has 7 heteroatoms. The maximum Gasteiger partial charge on any atom is 0.253 e. The van der Waals surface area contributed by atoms with E-state index in [1.807, 2.05) is 41.2 Å². The van der Waals surface area contributed by atoms with Gasteiger partial charge in [-0.25, -0.2) is 8.42 Å². The van der Waals surface area contributed by atoms with E-state index in [1.165, 1.54) is 12.1 Å². The van der Waals surface area contributed by atoms with E-state index in [9.17, 15) is 13.2 Å². The van der Waals surface area contributed by atoms with Gasteiger partial charge in [0.1, 0.15) is 0 Å². The van der Waals surface area contributed by atoms with Crippen molar-refractivity contribution >= 4 is 27.3 Å². The Morgan fingerprint density at radius 3 is 2.25 bits per heavy atom. The van der Waals surface area contributed by atoms with Gasteiger partial charge in [0.25, 0.3) is 5.91 Å². The number of amides is 1. The first kappa shape index (κ1) is 18.8. The number of rotatable bonds is 4. The molecule has 4 rings (SSSR count). The van der Waals surface area contributed by atoms with E-state index < -0.39 is 15.1 Å². The van der Waals surface area contributed by atoms with Crippen molar-refractivity contribution in [2.24, 2.45) is 0 Å². The number of carbonyl (C=O) groups is 1. The summed E-state index contributed by atoms with van der Waals surface area (Å²) in [6.45, 7) is 0.624. The normalized spacial score (nSPS) is 17.0. The summed E-state index contributed by atoms with van der Waals surface area (Å²) < 4.78 is 27.6. The highest BCUT2D eigenvalue weighted by Crippen LogP contribution is 2.26. The number of hydrogen-bond donors (Lipinski definition) is 0. The van der Waals surface area contributed by atoms with Gasteiger partial charge in [-0.2, -0.15) is 0 Å². The van der Waals surface area contributed by atoms with Crippen LogP contribution in [-0.4, -0.2) is 42.1 Å². The van der Waals surface area contributed by atoms with Gasteiger partial charge < -0.3 is 9.47 Å². The monoisotopic (exact) mass is 414 g/mol. The van der Waals surface area contributed by atoms with Crippen molar-refractivity contribution in [3.63, 3.8) is 0 Å². The van der Waals surface area contributed by atoms with E-state index in [1.54, 1.807) is 29.2 Å². The van der Waals surface area contributed by atoms with Crippen LogP contribution >= 0.6 is 11.6 Å². The van der Waals surface area contributed by atoms with Crippen molar-refractivity contribution in [3.05, 3.63) is 83.6 Å². The molecule has 1 unspecified atom stereocenters. The molecule has 0 aliphatic carbocycles. The van der Waals surface area contributed by atoms with Gasteiger partial charge in [0.15, 0.2) is 9.84 Å². The highest BCUT2D eigenvalue weighted by atomic mass is 35.5. The lowest BCUT2D eigenvalue weighted by molar-refractivity contribution is 0.0793. The number of carbonyl (C=O) groups excluding carboxylic acids is 1. The smallest absolute Gasteiger partial charge is 0.253 e. The number of halogens is 1. The van der Waals surface area contributed by atoms with Crippen LogP contribution in [-0.2, 0) is 9.84 Å². The SMILES string of the molecule is O=C(c1ccc(-n2cccc2)cc1)N1CCC(S(=O)(=O)c2ccc(Cl)cc2)C1. The average molecular weight is 415 g/mol. The molecule has 28 heavy (non-hydrogen) atoms. The molecule has 0 saturated carbocycles. The molecule has 1 fully saturated rings. The van der Waals surface area contributed by atoms with Crippen LogP contribution in [0.2, 0.25) is 5.02 Å². The Morgan fingerprint density at radius 2 is 1.61 bits per heavy atom. The van der Waals surface area contributed by atoms with E-state index in [4.69, 9.17) is 11.6 Å². The van der Waals surface area contributed by atoms with Gasteiger partial charge in [-0.15, -0.1) is 0 Å². The number of sulfone groups is 1. The second kappa shape index (κ2) is 7.45. The van der Waals surface area contributed by atoms with Crippen molar-refractivity contribution in [3.8, 4) is 5.69 Å². The molecule has 2 aromatic carbocycles. The summed E-state index contributed by atoms with van der Waals surface area (Å²) in [6, 6.07) is 17.4. The number of aromatic nitrogens is 1. The average Bonchev–Trinajstić information content (AvgIpc) is 3.40. The molecule has 0 N–H and O–H groups in total. The minimum Gasteiger partial charge on any atom is -0.337 e. The Morgan fingerprint density at radius 1 is 0.964 bits per heavy atom. The second-order valence-electron chi connectivity index (χ2n) is 6.80. The van der Waals surface area contributed by atoms with Crippen LogP contribution in [0.15, 0.2) is 78.0 Å². The molecule has 3 aromatic rings. The van der Waals surface area contributed by atoms with Crippen LogP contribution in [0, 0.1) is 0 Å². The first-order valence-corrected chi connectivity index (χ1v) is 10.9. The summed E-state index contributed by atoms with van der Waals surface area (Å²) in [5, 5.41) is -0.109. The summed E-state index contributed by atoms with van der Waals surface area (Å²) in [5.41, 5.74) is 1.52. The molecule has 2 heterocycles. The largest absolute Gasteiger partial charge is 0.337 e. The molecule has 1 amide bonds. The predicted octanol–water partition coefficient (Wildman–Crippen LogP) is 3.82. The van der Waals surface area contributed by atoms with Gasteiger partial charge in [0, 0.05) is 41.8 Å². The quantitative estimate of drug-likeness (QED) is 0.652. The summed E-state index contributed by atoms with van der Waals surface area (Å²) in [7, 11) is -3.50. The Hall–Kier alpha value is -2.57. The number of nitrogens with zero attached hydrogens (tertiary/aromatic N) is 2. The van der Waals surface area contributed by atoms with Crippen LogP contribution < -0.4 is 0 Å². The van der Waals surface area contributed by atoms with Gasteiger partial charge in [0.2, 0.25) is 0 Å². The second-order valence-corrected chi connectivity index (χ2v) is 9.46. The maximum atomic E-state index is 12.8. The molecule has 1 aliphatic rings. The first-order valence-electron chi connectivity index (χ1n) is 8.97. The Labute approximate surface area is 169 Å². The van der Waals surface area contributed by atoms with Gasteiger partial charge in [-0.05, 0) is 67.1 Å². The lowest BCUT2D eigenvalue weighted by Gasteiger charge is -2.17. The van der Waals surface area contributed by atoms with Crippen molar-refractivity contribution in [1.29, 1.82) is 0 Å². The standard InChI is InChI=1S/C21H19ClN2O3S/c22-17-5-9-19(10-6-17)28(26,27)20-11-14-24(15-20)21(25)16-3-7-18(8-4-16)23-12-1-2-13-23/h1-10,12-13,20H,11,14-15H2. The summed E-state index contributed by atoms with van der Waals surface area (Å²) in [6.07, 6.45) is 4.30. The summed E-state index contributed by atoms with van der Waals surface area (Å²) in [4.78, 5) is 14.7. The third kappa shape index (κ3) is 3.57. The Balaban J connectivity index is 1.47. The fourth-order valence-corrected chi connectivity index (χ4v) is 5.27. The zero-order chi connectivity index (χ0) is 19.7. The van der Waals surface area contributed by atoms with Gasteiger partial charge >= 0.3 is 0 Å². The summed E-state index contributed by atoms with van der Waals surface area (Å²) in [5.74, 6) is -0.145. The molecule has 5 nitrogen and oxygen atoms in total. The maximum absolute atomic E-state index is 12.8. The molecule has 1 atom stereocenters. The third-order valence-corrected chi connectivity index (χ3v) is 7.47. The van der Waals surface area contributed by atoms with Crippen molar-refractivity contribution in [2.45, 2.75) is 16.6 Å². The molecule has 0 bridgehead atoms. The van der Waals surface area contributed by atoms with Gasteiger partial charge in [-0.3, -0.25) is 4.79 Å². The number of hydrogen-bond acceptors (Lipinski definition) is 3. The zero-order valence-electron chi connectivity index (χ0n) is 15.0. The molecular formula is C21H19ClN2O3S. The van der Waals surface area contributed by atoms with Crippen LogP contribution in [0.5, 0.6) is 0 Å². The minimum absolute atomic E-state index is 0.145. The van der Waals surface area contributed by atoms with Crippen molar-refractivity contribution < 1.29 is 13.2 Å². The van der Waals surface area contributed by atoms with Crippen LogP contribution in [0.4, 0.5) is 0 Å². The van der Waals surface area contributed by atoms with Crippen LogP contribution in [0.25, 0.3) is 5.69 Å². The topological polar surface area (TPSA) is 59.4 Å². The highest BCUT2D eigenvalue weighted by molar-refractivity contribution is 7.92. The lowest BCUT2D eigenvalue weighted by atomic mass is 10.2. The fourth-order valence-electron chi connectivity index (χ4n) is 3.45. The van der Waals surface area contributed by atoms with Gasteiger partial charge in [0.05, 0.1) is 10.1 Å². The molecule has 1 saturated heterocycles. The third-order valence-electron chi connectivity index (χ3n) is 5.03.